The van der Waals surface area contributed by atoms with Crippen LogP contribution in [0.15, 0.2) is 17.5 Å². The molecule has 0 bridgehead atoms. The van der Waals surface area contributed by atoms with Crippen molar-refractivity contribution in [2.24, 2.45) is 10.9 Å². The molecule has 3 rings (SSSR count). The van der Waals surface area contributed by atoms with Gasteiger partial charge in [-0.1, -0.05) is 5.16 Å². The van der Waals surface area contributed by atoms with Crippen molar-refractivity contribution in [2.75, 3.05) is 22.9 Å². The molecule has 188 valence electrons. The fraction of sp³-hybridized carbons (Fsp3) is 0.250. The van der Waals surface area contributed by atoms with Gasteiger partial charge in [0, 0.05) is 42.0 Å². The maximum absolute atomic E-state index is 12.8. The summed E-state index contributed by atoms with van der Waals surface area (Å²) < 4.78 is 0. The molecule has 3 amide bonds. The molecule has 0 atom stereocenters. The molecule has 3 aromatic rings. The number of hydrogen-bond acceptors (Lipinski definition) is 7. The third-order valence-corrected chi connectivity index (χ3v) is 5.29. The zero-order chi connectivity index (χ0) is 25.0. The van der Waals surface area contributed by atoms with Crippen LogP contribution in [0, 0.1) is 20.8 Å². The van der Waals surface area contributed by atoms with E-state index in [4.69, 9.17) is 16.7 Å². The Hall–Kier alpha value is -4.46. The number of nitrogens with zero attached hydrogens (tertiary/aromatic N) is 2. The molecule has 0 aliphatic heterocycles. The molecule has 35 heavy (non-hydrogen) atoms. The van der Waals surface area contributed by atoms with E-state index >= 15 is 0 Å². The molecule has 0 aromatic carbocycles. The van der Waals surface area contributed by atoms with Crippen LogP contribution in [0.5, 0.6) is 0 Å². The van der Waals surface area contributed by atoms with Crippen molar-refractivity contribution in [3.63, 3.8) is 0 Å². The van der Waals surface area contributed by atoms with E-state index in [1.807, 2.05) is 0 Å². The number of amidine groups is 1. The van der Waals surface area contributed by atoms with Gasteiger partial charge in [0.1, 0.15) is 22.9 Å². The molecule has 15 heteroatoms. The molecule has 0 aliphatic rings. The van der Waals surface area contributed by atoms with E-state index in [2.05, 4.69) is 41.3 Å². The standard InChI is InChI=1S/C20H26N10O4.ClH/c1-8-11(21)6-24-14(8)19(32)26-12-7-25-15(9(12)2)20(33)27-17-10(3)16(28-29-17)18(31)23-5-4-13(22)30-34;/h6-7,24-25,34H,4-5,21H2,1-3H3,(H2,22,30)(H,23,31)(H,26,32)(H2,27,28,29,33);1H. The minimum absolute atomic E-state index is 0. The van der Waals surface area contributed by atoms with Crippen LogP contribution in [0.4, 0.5) is 17.2 Å². The number of rotatable bonds is 8. The van der Waals surface area contributed by atoms with E-state index in [1.165, 1.54) is 12.4 Å². The predicted molar refractivity (Wildman–Crippen MR) is 132 cm³/mol. The fourth-order valence-electron chi connectivity index (χ4n) is 3.15. The lowest BCUT2D eigenvalue weighted by Crippen LogP contribution is -2.28. The second kappa shape index (κ2) is 11.1. The molecular weight excluding hydrogens is 480 g/mol. The summed E-state index contributed by atoms with van der Waals surface area (Å²) in [6, 6.07) is 0. The van der Waals surface area contributed by atoms with Gasteiger partial charge < -0.3 is 42.6 Å². The van der Waals surface area contributed by atoms with Crippen LogP contribution in [-0.4, -0.2) is 55.5 Å². The van der Waals surface area contributed by atoms with Crippen LogP contribution in [-0.2, 0) is 0 Å². The van der Waals surface area contributed by atoms with Gasteiger partial charge in [-0.25, -0.2) is 0 Å². The fourth-order valence-corrected chi connectivity index (χ4v) is 3.15. The summed E-state index contributed by atoms with van der Waals surface area (Å²) in [5, 5.41) is 25.9. The average Bonchev–Trinajstić information content (AvgIpc) is 3.46. The van der Waals surface area contributed by atoms with E-state index in [1.54, 1.807) is 20.8 Å². The Balaban J connectivity index is 0.00000432. The van der Waals surface area contributed by atoms with Crippen molar-refractivity contribution in [1.29, 1.82) is 0 Å². The number of nitrogen functional groups attached to an aromatic ring is 1. The molecule has 0 radical (unpaired) electrons. The van der Waals surface area contributed by atoms with Gasteiger partial charge in [0.05, 0.1) is 11.4 Å². The van der Waals surface area contributed by atoms with Gasteiger partial charge in [-0.05, 0) is 20.8 Å². The number of aromatic nitrogens is 4. The number of anilines is 3. The Labute approximate surface area is 205 Å². The van der Waals surface area contributed by atoms with Gasteiger partial charge in [0.15, 0.2) is 5.82 Å². The highest BCUT2D eigenvalue weighted by atomic mass is 35.5. The van der Waals surface area contributed by atoms with Crippen LogP contribution in [0.2, 0.25) is 0 Å². The van der Waals surface area contributed by atoms with Gasteiger partial charge in [0.2, 0.25) is 0 Å². The summed E-state index contributed by atoms with van der Waals surface area (Å²) in [6.07, 6.45) is 3.20. The van der Waals surface area contributed by atoms with Gasteiger partial charge >= 0.3 is 0 Å². The number of carbonyl (C=O) groups is 3. The number of H-pyrrole nitrogens is 3. The van der Waals surface area contributed by atoms with E-state index < -0.39 is 17.7 Å². The van der Waals surface area contributed by atoms with E-state index in [0.717, 1.165) is 0 Å². The molecule has 3 aromatic heterocycles. The van der Waals surface area contributed by atoms with Gasteiger partial charge in [0.25, 0.3) is 17.7 Å². The number of carbonyl (C=O) groups excluding carboxylic acids is 3. The highest BCUT2D eigenvalue weighted by molar-refractivity contribution is 6.09. The van der Waals surface area contributed by atoms with Gasteiger partial charge in [-0.3, -0.25) is 19.5 Å². The monoisotopic (exact) mass is 506 g/mol. The van der Waals surface area contributed by atoms with E-state index in [9.17, 15) is 14.4 Å². The van der Waals surface area contributed by atoms with Crippen molar-refractivity contribution < 1.29 is 19.6 Å². The SMILES string of the molecule is Cc1c(N)c[nH]c1C(=O)Nc1c[nH]c(C(=O)Nc2n[nH]c(C(=O)NCCC(N)=NO)c2C)c1C.Cl. The van der Waals surface area contributed by atoms with Crippen LogP contribution in [0.1, 0.15) is 54.6 Å². The number of aromatic amines is 3. The van der Waals surface area contributed by atoms with Crippen molar-refractivity contribution in [1.82, 2.24) is 25.5 Å². The molecular formula is C20H27ClN10O4. The second-order valence-corrected chi connectivity index (χ2v) is 7.52. The zero-order valence-corrected chi connectivity index (χ0v) is 20.0. The minimum Gasteiger partial charge on any atom is -0.409 e. The third-order valence-electron chi connectivity index (χ3n) is 5.29. The van der Waals surface area contributed by atoms with Crippen molar-refractivity contribution in [3.8, 4) is 0 Å². The molecule has 0 spiro atoms. The first-order valence-corrected chi connectivity index (χ1v) is 10.2. The summed E-state index contributed by atoms with van der Waals surface area (Å²) >= 11 is 0. The molecule has 0 saturated heterocycles. The normalized spacial score (nSPS) is 11.0. The number of amides is 3. The average molecular weight is 507 g/mol. The summed E-state index contributed by atoms with van der Waals surface area (Å²) in [7, 11) is 0. The maximum atomic E-state index is 12.8. The largest absolute Gasteiger partial charge is 0.409 e. The van der Waals surface area contributed by atoms with E-state index in [0.29, 0.717) is 33.8 Å². The lowest BCUT2D eigenvalue weighted by Gasteiger charge is -2.06. The van der Waals surface area contributed by atoms with Crippen LogP contribution in [0.3, 0.4) is 0 Å². The Kier molecular flexibility index (Phi) is 8.50. The minimum atomic E-state index is -0.508. The molecule has 0 aliphatic carbocycles. The zero-order valence-electron chi connectivity index (χ0n) is 19.2. The molecule has 0 saturated carbocycles. The van der Waals surface area contributed by atoms with Gasteiger partial charge in [-0.15, -0.1) is 12.4 Å². The van der Waals surface area contributed by atoms with Crippen LogP contribution >= 0.6 is 12.4 Å². The second-order valence-electron chi connectivity index (χ2n) is 7.52. The quantitative estimate of drug-likeness (QED) is 0.0940. The van der Waals surface area contributed by atoms with Crippen LogP contribution in [0.25, 0.3) is 0 Å². The summed E-state index contributed by atoms with van der Waals surface area (Å²) in [6.45, 7) is 5.17. The molecule has 3 heterocycles. The lowest BCUT2D eigenvalue weighted by molar-refractivity contribution is 0.0947. The molecule has 0 unspecified atom stereocenters. The van der Waals surface area contributed by atoms with E-state index in [-0.39, 0.29) is 48.4 Å². The first-order valence-electron chi connectivity index (χ1n) is 10.2. The van der Waals surface area contributed by atoms with Crippen molar-refractivity contribution >= 4 is 53.2 Å². The molecule has 11 N–H and O–H groups in total. The summed E-state index contributed by atoms with van der Waals surface area (Å²) in [4.78, 5) is 43.3. The molecule has 0 fully saturated rings. The smallest absolute Gasteiger partial charge is 0.273 e. The highest BCUT2D eigenvalue weighted by Gasteiger charge is 2.21. The third kappa shape index (κ3) is 5.73. The maximum Gasteiger partial charge on any atom is 0.273 e. The van der Waals surface area contributed by atoms with Crippen LogP contribution < -0.4 is 27.4 Å². The Bertz CT molecular complexity index is 1270. The predicted octanol–water partition coefficient (Wildman–Crippen LogP) is 1.37. The summed E-state index contributed by atoms with van der Waals surface area (Å²) in [5.41, 5.74) is 14.3. The topological polar surface area (TPSA) is 232 Å². The first kappa shape index (κ1) is 26.8. The van der Waals surface area contributed by atoms with Crippen molar-refractivity contribution in [2.45, 2.75) is 27.2 Å². The number of nitrogens with two attached hydrogens (primary N) is 2. The summed E-state index contributed by atoms with van der Waals surface area (Å²) in [5.74, 6) is -1.21. The first-order chi connectivity index (χ1) is 16.1. The van der Waals surface area contributed by atoms with Gasteiger partial charge in [-0.2, -0.15) is 5.10 Å². The highest BCUT2D eigenvalue weighted by Crippen LogP contribution is 2.23. The van der Waals surface area contributed by atoms with Crippen molar-refractivity contribution in [3.05, 3.63) is 46.2 Å². The Morgan fingerprint density at radius 1 is 0.971 bits per heavy atom. The Morgan fingerprint density at radius 2 is 1.60 bits per heavy atom. The number of oxime groups is 1. The number of hydrogen-bond donors (Lipinski definition) is 9. The lowest BCUT2D eigenvalue weighted by atomic mass is 10.2. The molecule has 14 nitrogen and oxygen atoms in total. The number of halogens is 1. The number of nitrogens with one attached hydrogen (secondary N) is 6. The Morgan fingerprint density at radius 3 is 2.23 bits per heavy atom.